The van der Waals surface area contributed by atoms with Gasteiger partial charge in [0.25, 0.3) is 0 Å². The molecule has 2 aliphatic rings. The Balaban J connectivity index is 1.64. The normalized spacial score (nSPS) is 25.5. The zero-order valence-corrected chi connectivity index (χ0v) is 16.8. The molecular formula is C23H33N3O. The van der Waals surface area contributed by atoms with E-state index in [-0.39, 0.29) is 5.91 Å². The smallest absolute Gasteiger partial charge is 0.240 e. The lowest BCUT2D eigenvalue weighted by atomic mass is 9.74. The van der Waals surface area contributed by atoms with Gasteiger partial charge < -0.3 is 5.32 Å². The fourth-order valence-corrected chi connectivity index (χ4v) is 4.94. The van der Waals surface area contributed by atoms with Gasteiger partial charge in [0.05, 0.1) is 6.07 Å². The van der Waals surface area contributed by atoms with Gasteiger partial charge in [-0.1, -0.05) is 57.4 Å². The van der Waals surface area contributed by atoms with Crippen molar-refractivity contribution >= 4 is 5.91 Å². The number of amides is 1. The summed E-state index contributed by atoms with van der Waals surface area (Å²) < 4.78 is 0. The average Bonchev–Trinajstić information content (AvgIpc) is 2.66. The van der Waals surface area contributed by atoms with Gasteiger partial charge in [-0.3, -0.25) is 9.69 Å². The van der Waals surface area contributed by atoms with Gasteiger partial charge in [0.15, 0.2) is 0 Å². The molecule has 27 heavy (non-hydrogen) atoms. The quantitative estimate of drug-likeness (QED) is 0.846. The number of carbonyl (C=O) groups is 1. The summed E-state index contributed by atoms with van der Waals surface area (Å²) in [5, 5.41) is 12.7. The minimum Gasteiger partial charge on any atom is -0.351 e. The second-order valence-corrected chi connectivity index (χ2v) is 8.85. The molecule has 2 fully saturated rings. The molecule has 0 spiro atoms. The molecule has 0 radical (unpaired) electrons. The maximum atomic E-state index is 12.8. The summed E-state index contributed by atoms with van der Waals surface area (Å²) in [6.45, 7) is 8.40. The molecule has 1 saturated heterocycles. The summed E-state index contributed by atoms with van der Waals surface area (Å²) in [5.74, 6) is 1.39. The predicted molar refractivity (Wildman–Crippen MR) is 108 cm³/mol. The molecule has 1 heterocycles. The molecule has 0 bridgehead atoms. The second-order valence-electron chi connectivity index (χ2n) is 8.85. The highest BCUT2D eigenvalue weighted by Gasteiger charge is 2.39. The van der Waals surface area contributed by atoms with E-state index < -0.39 is 5.41 Å². The summed E-state index contributed by atoms with van der Waals surface area (Å²) in [7, 11) is 0. The Morgan fingerprint density at radius 3 is 2.41 bits per heavy atom. The molecule has 2 atom stereocenters. The van der Waals surface area contributed by atoms with Crippen LogP contribution in [-0.2, 0) is 17.9 Å². The van der Waals surface area contributed by atoms with Crippen molar-refractivity contribution < 1.29 is 4.79 Å². The van der Waals surface area contributed by atoms with Gasteiger partial charge >= 0.3 is 0 Å². The van der Waals surface area contributed by atoms with Crippen LogP contribution >= 0.6 is 0 Å². The van der Waals surface area contributed by atoms with E-state index in [1.807, 2.05) is 6.07 Å². The zero-order valence-electron chi connectivity index (χ0n) is 16.8. The fourth-order valence-electron chi connectivity index (χ4n) is 4.94. The van der Waals surface area contributed by atoms with Crippen molar-refractivity contribution in [3.63, 3.8) is 0 Å². The lowest BCUT2D eigenvalue weighted by molar-refractivity contribution is -0.129. The van der Waals surface area contributed by atoms with Gasteiger partial charge in [-0.05, 0) is 42.2 Å². The van der Waals surface area contributed by atoms with E-state index >= 15 is 0 Å². The minimum atomic E-state index is -0.815. The van der Waals surface area contributed by atoms with Gasteiger partial charge in [-0.15, -0.1) is 0 Å². The van der Waals surface area contributed by atoms with Crippen LogP contribution in [0.3, 0.4) is 0 Å². The van der Waals surface area contributed by atoms with Crippen LogP contribution in [-0.4, -0.2) is 23.9 Å². The number of benzene rings is 1. The zero-order chi connectivity index (χ0) is 19.3. The van der Waals surface area contributed by atoms with Crippen molar-refractivity contribution in [3.8, 4) is 6.07 Å². The number of hydrogen-bond acceptors (Lipinski definition) is 3. The third-order valence-electron chi connectivity index (χ3n) is 6.25. The Kier molecular flexibility index (Phi) is 6.55. The number of nitrogens with one attached hydrogen (secondary N) is 1. The van der Waals surface area contributed by atoms with E-state index in [4.69, 9.17) is 0 Å². The van der Waals surface area contributed by atoms with Crippen LogP contribution in [0.4, 0.5) is 0 Å². The largest absolute Gasteiger partial charge is 0.351 e. The molecule has 0 aromatic heterocycles. The Morgan fingerprint density at radius 2 is 1.78 bits per heavy atom. The fraction of sp³-hybridized carbons (Fsp3) is 0.652. The summed E-state index contributed by atoms with van der Waals surface area (Å²) in [4.78, 5) is 15.3. The molecule has 1 saturated carbocycles. The predicted octanol–water partition coefficient (Wildman–Crippen LogP) is 4.25. The van der Waals surface area contributed by atoms with Gasteiger partial charge in [-0.25, -0.2) is 0 Å². The van der Waals surface area contributed by atoms with Crippen LogP contribution in [0.25, 0.3) is 0 Å². The highest BCUT2D eigenvalue weighted by molar-refractivity contribution is 5.85. The Labute approximate surface area is 163 Å². The molecule has 4 nitrogen and oxygen atoms in total. The molecule has 1 aromatic rings. The van der Waals surface area contributed by atoms with Crippen LogP contribution in [0.1, 0.15) is 63.5 Å². The van der Waals surface area contributed by atoms with Crippen molar-refractivity contribution in [2.75, 3.05) is 13.1 Å². The van der Waals surface area contributed by atoms with Crippen molar-refractivity contribution in [2.45, 2.75) is 65.5 Å². The van der Waals surface area contributed by atoms with E-state index in [0.29, 0.717) is 19.4 Å². The maximum absolute atomic E-state index is 12.8. The van der Waals surface area contributed by atoms with Crippen LogP contribution < -0.4 is 5.32 Å². The van der Waals surface area contributed by atoms with E-state index in [1.54, 1.807) is 0 Å². The van der Waals surface area contributed by atoms with Crippen molar-refractivity contribution in [3.05, 3.63) is 35.4 Å². The molecule has 1 amide bonds. The summed E-state index contributed by atoms with van der Waals surface area (Å²) in [6.07, 6.45) is 5.78. The third kappa shape index (κ3) is 4.90. The molecular weight excluding hydrogens is 334 g/mol. The molecule has 1 aromatic carbocycles. The van der Waals surface area contributed by atoms with Crippen LogP contribution in [0.5, 0.6) is 0 Å². The topological polar surface area (TPSA) is 56.1 Å². The molecule has 1 aliphatic carbocycles. The second kappa shape index (κ2) is 8.89. The number of nitriles is 1. The first-order valence-corrected chi connectivity index (χ1v) is 10.5. The Bertz CT molecular complexity index is 677. The van der Waals surface area contributed by atoms with E-state index in [0.717, 1.165) is 50.7 Å². The highest BCUT2D eigenvalue weighted by atomic mass is 16.2. The Hall–Kier alpha value is -1.86. The van der Waals surface area contributed by atoms with Gasteiger partial charge in [0.2, 0.25) is 5.91 Å². The number of carbonyl (C=O) groups excluding carboxylic acids is 1. The van der Waals surface area contributed by atoms with Crippen molar-refractivity contribution in [1.29, 1.82) is 5.26 Å². The lowest BCUT2D eigenvalue weighted by Crippen LogP contribution is -2.41. The summed E-state index contributed by atoms with van der Waals surface area (Å²) in [5.41, 5.74) is 1.64. The van der Waals surface area contributed by atoms with Crippen molar-refractivity contribution in [1.82, 2.24) is 10.2 Å². The molecule has 1 N–H and O–H groups in total. The summed E-state index contributed by atoms with van der Waals surface area (Å²) in [6, 6.07) is 10.7. The van der Waals surface area contributed by atoms with E-state index in [1.165, 1.54) is 17.5 Å². The summed E-state index contributed by atoms with van der Waals surface area (Å²) >= 11 is 0. The SMILES string of the molecule is CC1CC(C)CN(Cc2ccccc2CNC(=O)C2(C#N)CCCCC2)C1. The molecule has 1 aliphatic heterocycles. The van der Waals surface area contributed by atoms with Gasteiger partial charge in [0, 0.05) is 26.2 Å². The lowest BCUT2D eigenvalue weighted by Gasteiger charge is -2.35. The number of nitrogens with zero attached hydrogens (tertiary/aromatic N) is 2. The number of piperidine rings is 1. The highest BCUT2D eigenvalue weighted by Crippen LogP contribution is 2.36. The van der Waals surface area contributed by atoms with Crippen LogP contribution in [0.2, 0.25) is 0 Å². The van der Waals surface area contributed by atoms with Crippen LogP contribution in [0, 0.1) is 28.6 Å². The maximum Gasteiger partial charge on any atom is 0.240 e. The average molecular weight is 368 g/mol. The molecule has 146 valence electrons. The Morgan fingerprint density at radius 1 is 1.15 bits per heavy atom. The number of hydrogen-bond donors (Lipinski definition) is 1. The van der Waals surface area contributed by atoms with E-state index in [2.05, 4.69) is 48.3 Å². The third-order valence-corrected chi connectivity index (χ3v) is 6.25. The molecule has 3 rings (SSSR count). The van der Waals surface area contributed by atoms with Crippen LogP contribution in [0.15, 0.2) is 24.3 Å². The molecule has 4 heteroatoms. The van der Waals surface area contributed by atoms with Gasteiger partial charge in [-0.2, -0.15) is 5.26 Å². The standard InChI is InChI=1S/C23H33N3O/c1-18-12-19(2)15-26(14-18)16-21-9-5-4-8-20(21)13-25-22(27)23(17-24)10-6-3-7-11-23/h4-5,8-9,18-19H,3,6-7,10-16H2,1-2H3,(H,25,27). The first-order valence-electron chi connectivity index (χ1n) is 10.5. The van der Waals surface area contributed by atoms with E-state index in [9.17, 15) is 10.1 Å². The first kappa shape index (κ1) is 19.9. The number of rotatable bonds is 5. The van der Waals surface area contributed by atoms with Crippen molar-refractivity contribution in [2.24, 2.45) is 17.3 Å². The molecule has 2 unspecified atom stereocenters. The minimum absolute atomic E-state index is 0.0836. The first-order chi connectivity index (χ1) is 13.0. The monoisotopic (exact) mass is 367 g/mol. The van der Waals surface area contributed by atoms with Gasteiger partial charge in [0.1, 0.15) is 5.41 Å². The number of likely N-dealkylation sites (tertiary alicyclic amines) is 1.